The monoisotopic (exact) mass is 312 g/mol. The highest BCUT2D eigenvalue weighted by Gasteiger charge is 2.07. The van der Waals surface area contributed by atoms with Crippen LogP contribution in [-0.4, -0.2) is 12.8 Å². The van der Waals surface area contributed by atoms with E-state index in [0.29, 0.717) is 23.8 Å². The molecule has 0 unspecified atom stereocenters. The number of methoxy groups -OCH3 is 1. The molecule has 0 fully saturated rings. The van der Waals surface area contributed by atoms with Crippen molar-refractivity contribution in [3.8, 4) is 23.6 Å². The lowest BCUT2D eigenvalue weighted by atomic mass is 10.3. The highest BCUT2D eigenvalue weighted by molar-refractivity contribution is 7.09. The largest absolute Gasteiger partial charge is 0.493 e. The van der Waals surface area contributed by atoms with E-state index < -0.39 is 0 Å². The molecule has 0 aliphatic heterocycles. The zero-order chi connectivity index (χ0) is 15.8. The van der Waals surface area contributed by atoms with Gasteiger partial charge in [-0.15, -0.1) is 11.3 Å². The second-order valence-corrected chi connectivity index (χ2v) is 5.06. The van der Waals surface area contributed by atoms with Gasteiger partial charge in [0.25, 0.3) is 0 Å². The molecular weight excluding hydrogens is 300 g/mol. The molecule has 22 heavy (non-hydrogen) atoms. The van der Waals surface area contributed by atoms with Gasteiger partial charge in [-0.2, -0.15) is 15.6 Å². The van der Waals surface area contributed by atoms with Crippen LogP contribution in [0.2, 0.25) is 0 Å². The zero-order valence-electron chi connectivity index (χ0n) is 11.7. The minimum absolute atomic E-state index is 0.253. The summed E-state index contributed by atoms with van der Waals surface area (Å²) >= 11 is 1.62. The first-order valence-corrected chi connectivity index (χ1v) is 7.12. The van der Waals surface area contributed by atoms with E-state index in [-0.39, 0.29) is 5.71 Å². The first kappa shape index (κ1) is 15.4. The Balaban J connectivity index is 2.09. The van der Waals surface area contributed by atoms with Crippen LogP contribution in [0.3, 0.4) is 0 Å². The number of ether oxygens (including phenoxy) is 2. The number of nitrogens with one attached hydrogen (secondary N) is 1. The molecule has 0 saturated heterocycles. The Labute approximate surface area is 131 Å². The molecule has 2 aromatic rings. The van der Waals surface area contributed by atoms with Crippen LogP contribution in [0.1, 0.15) is 4.88 Å². The maximum Gasteiger partial charge on any atom is 0.237 e. The van der Waals surface area contributed by atoms with Crippen molar-refractivity contribution in [1.82, 2.24) is 0 Å². The summed E-state index contributed by atoms with van der Waals surface area (Å²) in [5.41, 5.74) is 2.96. The fraction of sp³-hybridized carbons (Fsp3) is 0.133. The highest BCUT2D eigenvalue weighted by Crippen LogP contribution is 2.31. The Morgan fingerprint density at radius 1 is 1.27 bits per heavy atom. The number of hydrogen-bond donors (Lipinski definition) is 1. The summed E-state index contributed by atoms with van der Waals surface area (Å²) < 4.78 is 11.0. The Kier molecular flexibility index (Phi) is 5.36. The standard InChI is InChI=1S/C15H12N4O2S/c1-20-15-7-11(18-19-12(8-16)9-17)4-5-14(15)21-10-13-3-2-6-22-13/h2-7,18H,10H2,1H3. The third kappa shape index (κ3) is 3.98. The number of nitrogens with zero attached hydrogens (tertiary/aromatic N) is 3. The molecule has 0 atom stereocenters. The number of hydrazone groups is 1. The minimum atomic E-state index is -0.253. The van der Waals surface area contributed by atoms with E-state index in [1.54, 1.807) is 41.7 Å². The summed E-state index contributed by atoms with van der Waals surface area (Å²) in [5, 5.41) is 22.9. The minimum Gasteiger partial charge on any atom is -0.493 e. The lowest BCUT2D eigenvalue weighted by Crippen LogP contribution is -1.99. The molecule has 1 aromatic heterocycles. The van der Waals surface area contributed by atoms with Crippen LogP contribution < -0.4 is 14.9 Å². The van der Waals surface area contributed by atoms with Gasteiger partial charge in [-0.05, 0) is 23.6 Å². The number of thiophene rings is 1. The Bertz CT molecular complexity index is 726. The van der Waals surface area contributed by atoms with E-state index in [9.17, 15) is 0 Å². The third-order valence-corrected chi connectivity index (χ3v) is 3.47. The van der Waals surface area contributed by atoms with Gasteiger partial charge >= 0.3 is 0 Å². The normalized spacial score (nSPS) is 9.23. The molecule has 0 spiro atoms. The average Bonchev–Trinajstić information content (AvgIpc) is 3.07. The van der Waals surface area contributed by atoms with Gasteiger partial charge in [0.15, 0.2) is 11.5 Å². The van der Waals surface area contributed by atoms with Gasteiger partial charge in [-0.25, -0.2) is 0 Å². The number of benzene rings is 1. The van der Waals surface area contributed by atoms with Crippen molar-refractivity contribution in [3.63, 3.8) is 0 Å². The first-order valence-electron chi connectivity index (χ1n) is 6.24. The van der Waals surface area contributed by atoms with Crippen molar-refractivity contribution in [3.05, 3.63) is 40.6 Å². The smallest absolute Gasteiger partial charge is 0.237 e. The summed E-state index contributed by atoms with van der Waals surface area (Å²) in [6, 6.07) is 12.4. The molecular formula is C15H12N4O2S. The Hall–Kier alpha value is -3.03. The molecule has 0 amide bonds. The topological polar surface area (TPSA) is 90.4 Å². The number of rotatable bonds is 6. The molecule has 0 bridgehead atoms. The zero-order valence-corrected chi connectivity index (χ0v) is 12.6. The van der Waals surface area contributed by atoms with Gasteiger partial charge in [0.05, 0.1) is 12.8 Å². The predicted octanol–water partition coefficient (Wildman–Crippen LogP) is 3.15. The molecule has 110 valence electrons. The van der Waals surface area contributed by atoms with Gasteiger partial charge < -0.3 is 9.47 Å². The van der Waals surface area contributed by atoms with E-state index in [0.717, 1.165) is 4.88 Å². The maximum atomic E-state index is 8.62. The lowest BCUT2D eigenvalue weighted by Gasteiger charge is -2.11. The predicted molar refractivity (Wildman–Crippen MR) is 83.9 cm³/mol. The Morgan fingerprint density at radius 3 is 2.73 bits per heavy atom. The van der Waals surface area contributed by atoms with E-state index >= 15 is 0 Å². The van der Waals surface area contributed by atoms with Crippen molar-refractivity contribution in [2.24, 2.45) is 5.10 Å². The fourth-order valence-corrected chi connectivity index (χ4v) is 2.21. The van der Waals surface area contributed by atoms with Gasteiger partial charge in [-0.3, -0.25) is 5.43 Å². The number of anilines is 1. The SMILES string of the molecule is COc1cc(NN=C(C#N)C#N)ccc1OCc1cccs1. The van der Waals surface area contributed by atoms with Crippen LogP contribution in [0.25, 0.3) is 0 Å². The number of nitriles is 2. The highest BCUT2D eigenvalue weighted by atomic mass is 32.1. The summed E-state index contributed by atoms with van der Waals surface area (Å²) in [4.78, 5) is 1.11. The third-order valence-electron chi connectivity index (χ3n) is 2.62. The van der Waals surface area contributed by atoms with Crippen LogP contribution in [0, 0.1) is 22.7 Å². The summed E-state index contributed by atoms with van der Waals surface area (Å²) in [7, 11) is 1.54. The van der Waals surface area contributed by atoms with Gasteiger partial charge in [0.2, 0.25) is 5.71 Å². The molecule has 0 radical (unpaired) electrons. The lowest BCUT2D eigenvalue weighted by molar-refractivity contribution is 0.287. The molecule has 0 saturated carbocycles. The van der Waals surface area contributed by atoms with E-state index in [1.807, 2.05) is 17.5 Å². The van der Waals surface area contributed by atoms with Gasteiger partial charge in [-0.1, -0.05) is 6.07 Å². The van der Waals surface area contributed by atoms with Gasteiger partial charge in [0, 0.05) is 10.9 Å². The quantitative estimate of drug-likeness (QED) is 0.653. The van der Waals surface area contributed by atoms with Crippen LogP contribution in [-0.2, 0) is 6.61 Å². The van der Waals surface area contributed by atoms with Crippen molar-refractivity contribution >= 4 is 22.7 Å². The second-order valence-electron chi connectivity index (χ2n) is 4.03. The van der Waals surface area contributed by atoms with Crippen molar-refractivity contribution in [1.29, 1.82) is 10.5 Å². The van der Waals surface area contributed by atoms with Crippen LogP contribution >= 0.6 is 11.3 Å². The molecule has 1 N–H and O–H groups in total. The molecule has 2 rings (SSSR count). The molecule has 7 heteroatoms. The van der Waals surface area contributed by atoms with Crippen molar-refractivity contribution in [2.75, 3.05) is 12.5 Å². The van der Waals surface area contributed by atoms with Gasteiger partial charge in [0.1, 0.15) is 18.7 Å². The fourth-order valence-electron chi connectivity index (χ4n) is 1.60. The molecule has 1 heterocycles. The van der Waals surface area contributed by atoms with Crippen LogP contribution in [0.5, 0.6) is 11.5 Å². The maximum absolute atomic E-state index is 8.62. The average molecular weight is 312 g/mol. The summed E-state index contributed by atoms with van der Waals surface area (Å²) in [6.07, 6.45) is 0. The Morgan fingerprint density at radius 2 is 2.09 bits per heavy atom. The van der Waals surface area contributed by atoms with E-state index in [1.165, 1.54) is 7.11 Å². The summed E-state index contributed by atoms with van der Waals surface area (Å²) in [6.45, 7) is 0.464. The molecule has 0 aliphatic carbocycles. The number of hydrogen-bond acceptors (Lipinski definition) is 7. The second kappa shape index (κ2) is 7.67. The van der Waals surface area contributed by atoms with Crippen molar-refractivity contribution in [2.45, 2.75) is 6.61 Å². The van der Waals surface area contributed by atoms with E-state index in [2.05, 4.69) is 10.5 Å². The van der Waals surface area contributed by atoms with Crippen LogP contribution in [0.15, 0.2) is 40.8 Å². The van der Waals surface area contributed by atoms with E-state index in [4.69, 9.17) is 20.0 Å². The molecule has 1 aromatic carbocycles. The first-order chi connectivity index (χ1) is 10.8. The summed E-state index contributed by atoms with van der Waals surface area (Å²) in [5.74, 6) is 1.14. The van der Waals surface area contributed by atoms with Crippen LogP contribution in [0.4, 0.5) is 5.69 Å². The molecule has 0 aliphatic rings. The molecule has 6 nitrogen and oxygen atoms in total. The van der Waals surface area contributed by atoms with Crippen molar-refractivity contribution < 1.29 is 9.47 Å².